The van der Waals surface area contributed by atoms with E-state index in [2.05, 4.69) is 28.6 Å². The fourth-order valence-corrected chi connectivity index (χ4v) is 2.10. The number of nitrogens with zero attached hydrogens (tertiary/aromatic N) is 1. The maximum atomic E-state index is 5.81. The quantitative estimate of drug-likeness (QED) is 0.562. The van der Waals surface area contributed by atoms with Crippen molar-refractivity contribution in [3.63, 3.8) is 0 Å². The Morgan fingerprint density at radius 3 is 2.70 bits per heavy atom. The van der Waals surface area contributed by atoms with Gasteiger partial charge in [-0.05, 0) is 29.0 Å². The Kier molecular flexibility index (Phi) is 3.48. The van der Waals surface area contributed by atoms with Crippen LogP contribution in [0.1, 0.15) is 5.56 Å². The highest BCUT2D eigenvalue weighted by Crippen LogP contribution is 2.22. The summed E-state index contributed by atoms with van der Waals surface area (Å²) in [7, 11) is 0. The highest BCUT2D eigenvalue weighted by Gasteiger charge is 2.03. The Morgan fingerprint density at radius 1 is 1.00 bits per heavy atom. The van der Waals surface area contributed by atoms with Crippen LogP contribution in [0.4, 0.5) is 5.82 Å². The minimum atomic E-state index is 0.422. The summed E-state index contributed by atoms with van der Waals surface area (Å²) in [6.45, 7) is 0.422. The molecule has 0 radical (unpaired) electrons. The SMILES string of the molecule is NNc1ncccc1COc1ccc2ccccc2c1. The average Bonchev–Trinajstić information content (AvgIpc) is 2.53. The van der Waals surface area contributed by atoms with Crippen molar-refractivity contribution in [1.82, 2.24) is 4.98 Å². The van der Waals surface area contributed by atoms with Crippen molar-refractivity contribution in [2.45, 2.75) is 6.61 Å². The lowest BCUT2D eigenvalue weighted by Crippen LogP contribution is -2.12. The van der Waals surface area contributed by atoms with E-state index >= 15 is 0 Å². The number of fused-ring (bicyclic) bond motifs is 1. The minimum Gasteiger partial charge on any atom is -0.489 e. The first-order chi connectivity index (χ1) is 9.86. The second-order valence-corrected chi connectivity index (χ2v) is 4.45. The summed E-state index contributed by atoms with van der Waals surface area (Å²) in [6, 6.07) is 18.0. The molecule has 0 saturated heterocycles. The topological polar surface area (TPSA) is 60.2 Å². The van der Waals surface area contributed by atoms with E-state index in [0.29, 0.717) is 12.4 Å². The van der Waals surface area contributed by atoms with Crippen molar-refractivity contribution in [1.29, 1.82) is 0 Å². The van der Waals surface area contributed by atoms with Gasteiger partial charge in [-0.3, -0.25) is 0 Å². The van der Waals surface area contributed by atoms with E-state index in [0.717, 1.165) is 16.7 Å². The van der Waals surface area contributed by atoms with Gasteiger partial charge in [0.1, 0.15) is 18.2 Å². The zero-order valence-electron chi connectivity index (χ0n) is 10.9. The number of hydrogen-bond donors (Lipinski definition) is 2. The van der Waals surface area contributed by atoms with E-state index < -0.39 is 0 Å². The van der Waals surface area contributed by atoms with Crippen LogP contribution in [0.25, 0.3) is 10.8 Å². The van der Waals surface area contributed by atoms with Gasteiger partial charge in [0.2, 0.25) is 0 Å². The Balaban J connectivity index is 1.79. The highest BCUT2D eigenvalue weighted by atomic mass is 16.5. The third kappa shape index (κ3) is 2.55. The van der Waals surface area contributed by atoms with Crippen LogP contribution in [0.15, 0.2) is 60.8 Å². The Bertz CT molecular complexity index is 727. The number of aromatic nitrogens is 1. The number of hydrogen-bond acceptors (Lipinski definition) is 4. The maximum Gasteiger partial charge on any atom is 0.146 e. The van der Waals surface area contributed by atoms with Crippen LogP contribution < -0.4 is 16.0 Å². The molecule has 0 aliphatic rings. The molecule has 3 aromatic rings. The van der Waals surface area contributed by atoms with Gasteiger partial charge in [0.25, 0.3) is 0 Å². The predicted octanol–water partition coefficient (Wildman–Crippen LogP) is 3.10. The van der Waals surface area contributed by atoms with Crippen LogP contribution in [0.2, 0.25) is 0 Å². The van der Waals surface area contributed by atoms with Gasteiger partial charge in [-0.25, -0.2) is 10.8 Å². The summed E-state index contributed by atoms with van der Waals surface area (Å²) in [4.78, 5) is 4.14. The van der Waals surface area contributed by atoms with Crippen molar-refractivity contribution in [3.05, 3.63) is 66.4 Å². The highest BCUT2D eigenvalue weighted by molar-refractivity contribution is 5.83. The molecule has 0 amide bonds. The Hall–Kier alpha value is -2.59. The van der Waals surface area contributed by atoms with Gasteiger partial charge in [0, 0.05) is 11.8 Å². The number of rotatable bonds is 4. The fraction of sp³-hybridized carbons (Fsp3) is 0.0625. The molecule has 0 aliphatic heterocycles. The van der Waals surface area contributed by atoms with Crippen LogP contribution >= 0.6 is 0 Å². The van der Waals surface area contributed by atoms with E-state index in [1.165, 1.54) is 5.39 Å². The first-order valence-electron chi connectivity index (χ1n) is 6.39. The molecular formula is C16H15N3O. The summed E-state index contributed by atoms with van der Waals surface area (Å²) in [5.41, 5.74) is 3.49. The molecule has 3 N–H and O–H groups in total. The molecule has 0 unspecified atom stereocenters. The first kappa shape index (κ1) is 12.4. The lowest BCUT2D eigenvalue weighted by atomic mass is 10.1. The Labute approximate surface area is 117 Å². The largest absolute Gasteiger partial charge is 0.489 e. The second-order valence-electron chi connectivity index (χ2n) is 4.45. The summed E-state index contributed by atoms with van der Waals surface area (Å²) in [6.07, 6.45) is 1.69. The summed E-state index contributed by atoms with van der Waals surface area (Å²) in [5, 5.41) is 2.36. The molecule has 1 aromatic heterocycles. The molecule has 4 nitrogen and oxygen atoms in total. The third-order valence-corrected chi connectivity index (χ3v) is 3.14. The smallest absolute Gasteiger partial charge is 0.146 e. The van der Waals surface area contributed by atoms with Crippen LogP contribution in [0, 0.1) is 0 Å². The van der Waals surface area contributed by atoms with Gasteiger partial charge in [-0.15, -0.1) is 0 Å². The van der Waals surface area contributed by atoms with E-state index in [1.807, 2.05) is 36.4 Å². The Morgan fingerprint density at radius 2 is 1.85 bits per heavy atom. The van der Waals surface area contributed by atoms with Gasteiger partial charge >= 0.3 is 0 Å². The molecule has 0 saturated carbocycles. The van der Waals surface area contributed by atoms with Crippen LogP contribution in [0.3, 0.4) is 0 Å². The standard InChI is InChI=1S/C16H15N3O/c17-19-16-14(6-3-9-18-16)11-20-15-8-7-12-4-1-2-5-13(12)10-15/h1-10H,11,17H2,(H,18,19). The van der Waals surface area contributed by atoms with Crippen LogP contribution in [-0.2, 0) is 6.61 Å². The number of ether oxygens (including phenoxy) is 1. The number of nitrogen functional groups attached to an aromatic ring is 1. The van der Waals surface area contributed by atoms with Crippen molar-refractivity contribution in [3.8, 4) is 5.75 Å². The van der Waals surface area contributed by atoms with E-state index in [-0.39, 0.29) is 0 Å². The monoisotopic (exact) mass is 265 g/mol. The van der Waals surface area contributed by atoms with Gasteiger partial charge in [-0.2, -0.15) is 0 Å². The van der Waals surface area contributed by atoms with Gasteiger partial charge in [0.05, 0.1) is 0 Å². The number of pyridine rings is 1. The minimum absolute atomic E-state index is 0.422. The molecule has 4 heteroatoms. The van der Waals surface area contributed by atoms with Gasteiger partial charge in [0.15, 0.2) is 0 Å². The molecule has 0 atom stereocenters. The van der Waals surface area contributed by atoms with E-state index in [1.54, 1.807) is 6.20 Å². The number of benzene rings is 2. The van der Waals surface area contributed by atoms with Gasteiger partial charge < -0.3 is 10.2 Å². The number of hydrazine groups is 1. The number of nitrogens with one attached hydrogen (secondary N) is 1. The molecule has 100 valence electrons. The van der Waals surface area contributed by atoms with Crippen molar-refractivity contribution >= 4 is 16.6 Å². The lowest BCUT2D eigenvalue weighted by molar-refractivity contribution is 0.307. The number of anilines is 1. The van der Waals surface area contributed by atoms with Crippen molar-refractivity contribution < 1.29 is 4.74 Å². The van der Waals surface area contributed by atoms with E-state index in [9.17, 15) is 0 Å². The number of nitrogens with two attached hydrogens (primary N) is 1. The van der Waals surface area contributed by atoms with Crippen LogP contribution in [-0.4, -0.2) is 4.98 Å². The average molecular weight is 265 g/mol. The molecule has 1 heterocycles. The first-order valence-corrected chi connectivity index (χ1v) is 6.39. The van der Waals surface area contributed by atoms with Crippen molar-refractivity contribution in [2.75, 3.05) is 5.43 Å². The van der Waals surface area contributed by atoms with Crippen LogP contribution in [0.5, 0.6) is 5.75 Å². The molecule has 0 bridgehead atoms. The van der Waals surface area contributed by atoms with E-state index in [4.69, 9.17) is 10.6 Å². The fourth-order valence-electron chi connectivity index (χ4n) is 2.10. The maximum absolute atomic E-state index is 5.81. The lowest BCUT2D eigenvalue weighted by Gasteiger charge is -2.10. The normalized spacial score (nSPS) is 10.4. The zero-order valence-corrected chi connectivity index (χ0v) is 10.9. The molecule has 20 heavy (non-hydrogen) atoms. The summed E-state index contributed by atoms with van der Waals surface area (Å²) < 4.78 is 5.81. The second kappa shape index (κ2) is 5.59. The molecular weight excluding hydrogens is 250 g/mol. The molecule has 3 rings (SSSR count). The van der Waals surface area contributed by atoms with Crippen molar-refractivity contribution in [2.24, 2.45) is 5.84 Å². The predicted molar refractivity (Wildman–Crippen MR) is 80.3 cm³/mol. The molecule has 0 aliphatic carbocycles. The summed E-state index contributed by atoms with van der Waals surface area (Å²) >= 11 is 0. The summed E-state index contributed by atoms with van der Waals surface area (Å²) in [5.74, 6) is 6.89. The molecule has 0 spiro atoms. The van der Waals surface area contributed by atoms with Gasteiger partial charge in [-0.1, -0.05) is 36.4 Å². The zero-order chi connectivity index (χ0) is 13.8. The molecule has 0 fully saturated rings. The third-order valence-electron chi connectivity index (χ3n) is 3.14. The molecule has 2 aromatic carbocycles.